The first-order valence-electron chi connectivity index (χ1n) is 5.51. The lowest BCUT2D eigenvalue weighted by Crippen LogP contribution is -2.12. The lowest BCUT2D eigenvalue weighted by Gasteiger charge is -2.08. The number of carbonyl (C=O) groups is 1. The molecule has 0 aliphatic carbocycles. The highest BCUT2D eigenvalue weighted by molar-refractivity contribution is 9.10. The normalized spacial score (nSPS) is 10.1. The Morgan fingerprint density at radius 1 is 1.26 bits per heavy atom. The van der Waals surface area contributed by atoms with E-state index in [1.165, 1.54) is 0 Å². The third-order valence-corrected chi connectivity index (χ3v) is 3.49. The van der Waals surface area contributed by atoms with Gasteiger partial charge in [0.15, 0.2) is 0 Å². The van der Waals surface area contributed by atoms with Gasteiger partial charge in [-0.1, -0.05) is 23.7 Å². The summed E-state index contributed by atoms with van der Waals surface area (Å²) in [7, 11) is 1.57. The molecular weight excluding hydrogens is 330 g/mol. The largest absolute Gasteiger partial charge is 0.496 e. The molecule has 0 aromatic heterocycles. The van der Waals surface area contributed by atoms with Gasteiger partial charge in [-0.15, -0.1) is 0 Å². The van der Waals surface area contributed by atoms with Crippen LogP contribution in [0.3, 0.4) is 0 Å². The highest BCUT2D eigenvalue weighted by Gasteiger charge is 2.10. The molecule has 3 nitrogen and oxygen atoms in total. The summed E-state index contributed by atoms with van der Waals surface area (Å²) in [5, 5.41) is 3.26. The summed E-state index contributed by atoms with van der Waals surface area (Å²) in [6, 6.07) is 12.2. The van der Waals surface area contributed by atoms with Gasteiger partial charge in [0.2, 0.25) is 0 Å². The van der Waals surface area contributed by atoms with Crippen LogP contribution in [0.25, 0.3) is 0 Å². The van der Waals surface area contributed by atoms with Gasteiger partial charge in [0.25, 0.3) is 5.91 Å². The standard InChI is InChI=1S/C14H11BrClNO2/c1-19-13-7-6-9(8-10(13)15)14(18)17-12-5-3-2-4-11(12)16/h2-8H,1H3,(H,17,18). The number of anilines is 1. The molecule has 0 unspecified atom stereocenters. The Labute approximate surface area is 124 Å². The Kier molecular flexibility index (Phi) is 4.45. The molecule has 19 heavy (non-hydrogen) atoms. The Morgan fingerprint density at radius 2 is 2.00 bits per heavy atom. The average molecular weight is 341 g/mol. The van der Waals surface area contributed by atoms with Crippen molar-refractivity contribution in [2.45, 2.75) is 0 Å². The number of hydrogen-bond donors (Lipinski definition) is 1. The fourth-order valence-electron chi connectivity index (χ4n) is 1.56. The number of benzene rings is 2. The van der Waals surface area contributed by atoms with Crippen LogP contribution in [-0.2, 0) is 0 Å². The van der Waals surface area contributed by atoms with E-state index >= 15 is 0 Å². The first kappa shape index (κ1) is 13.9. The molecule has 0 radical (unpaired) electrons. The number of nitrogens with one attached hydrogen (secondary N) is 1. The number of rotatable bonds is 3. The van der Waals surface area contributed by atoms with Crippen molar-refractivity contribution in [3.05, 3.63) is 57.5 Å². The third kappa shape index (κ3) is 3.28. The highest BCUT2D eigenvalue weighted by atomic mass is 79.9. The van der Waals surface area contributed by atoms with Gasteiger partial charge in [0.1, 0.15) is 5.75 Å². The van der Waals surface area contributed by atoms with E-state index in [4.69, 9.17) is 16.3 Å². The summed E-state index contributed by atoms with van der Waals surface area (Å²) >= 11 is 9.34. The van der Waals surface area contributed by atoms with E-state index in [0.29, 0.717) is 22.0 Å². The Balaban J connectivity index is 2.21. The summed E-state index contributed by atoms with van der Waals surface area (Å²) in [5.74, 6) is 0.450. The smallest absolute Gasteiger partial charge is 0.255 e. The molecule has 98 valence electrons. The van der Waals surface area contributed by atoms with Gasteiger partial charge in [0.05, 0.1) is 22.3 Å². The number of hydrogen-bond acceptors (Lipinski definition) is 2. The molecule has 2 rings (SSSR count). The molecule has 1 N–H and O–H groups in total. The third-order valence-electron chi connectivity index (χ3n) is 2.54. The van der Waals surface area contributed by atoms with E-state index in [1.807, 2.05) is 12.1 Å². The Morgan fingerprint density at radius 3 is 2.63 bits per heavy atom. The van der Waals surface area contributed by atoms with Crippen molar-refractivity contribution in [3.8, 4) is 5.75 Å². The SMILES string of the molecule is COc1ccc(C(=O)Nc2ccccc2Cl)cc1Br. The topological polar surface area (TPSA) is 38.3 Å². The lowest BCUT2D eigenvalue weighted by molar-refractivity contribution is 0.102. The van der Waals surface area contributed by atoms with Gasteiger partial charge in [-0.25, -0.2) is 0 Å². The number of amides is 1. The second-order valence-corrected chi connectivity index (χ2v) is 5.04. The maximum Gasteiger partial charge on any atom is 0.255 e. The van der Waals surface area contributed by atoms with Crippen molar-refractivity contribution in [2.24, 2.45) is 0 Å². The Hall–Kier alpha value is -1.52. The van der Waals surface area contributed by atoms with Gasteiger partial charge in [-0.3, -0.25) is 4.79 Å². The molecule has 0 spiro atoms. The molecule has 0 aliphatic heterocycles. The van der Waals surface area contributed by atoms with E-state index in [0.717, 1.165) is 4.47 Å². The number of halogens is 2. The molecule has 0 atom stereocenters. The molecule has 2 aromatic carbocycles. The zero-order chi connectivity index (χ0) is 13.8. The highest BCUT2D eigenvalue weighted by Crippen LogP contribution is 2.26. The summed E-state index contributed by atoms with van der Waals surface area (Å²) in [5.41, 5.74) is 1.11. The molecule has 0 bridgehead atoms. The number of para-hydroxylation sites is 1. The zero-order valence-electron chi connectivity index (χ0n) is 10.1. The number of methoxy groups -OCH3 is 1. The molecule has 5 heteroatoms. The van der Waals surface area contributed by atoms with Crippen LogP contribution in [0.2, 0.25) is 5.02 Å². The van der Waals surface area contributed by atoms with Crippen LogP contribution in [0.5, 0.6) is 5.75 Å². The Bertz CT molecular complexity index is 616. The van der Waals surface area contributed by atoms with Crippen LogP contribution in [0, 0.1) is 0 Å². The molecule has 0 aliphatic rings. The zero-order valence-corrected chi connectivity index (χ0v) is 12.5. The van der Waals surface area contributed by atoms with Crippen LogP contribution in [0.1, 0.15) is 10.4 Å². The van der Waals surface area contributed by atoms with Gasteiger partial charge < -0.3 is 10.1 Å². The average Bonchev–Trinajstić information content (AvgIpc) is 2.41. The van der Waals surface area contributed by atoms with Crippen LogP contribution < -0.4 is 10.1 Å². The lowest BCUT2D eigenvalue weighted by atomic mass is 10.2. The predicted octanol–water partition coefficient (Wildman–Crippen LogP) is 4.36. The fraction of sp³-hybridized carbons (Fsp3) is 0.0714. The fourth-order valence-corrected chi connectivity index (χ4v) is 2.29. The van der Waals surface area contributed by atoms with Crippen molar-refractivity contribution < 1.29 is 9.53 Å². The molecule has 0 saturated heterocycles. The monoisotopic (exact) mass is 339 g/mol. The van der Waals surface area contributed by atoms with Gasteiger partial charge >= 0.3 is 0 Å². The summed E-state index contributed by atoms with van der Waals surface area (Å²) in [4.78, 5) is 12.1. The van der Waals surface area contributed by atoms with Crippen molar-refractivity contribution >= 4 is 39.1 Å². The molecule has 2 aromatic rings. The van der Waals surface area contributed by atoms with Crippen molar-refractivity contribution in [1.29, 1.82) is 0 Å². The van der Waals surface area contributed by atoms with E-state index in [-0.39, 0.29) is 5.91 Å². The summed E-state index contributed by atoms with van der Waals surface area (Å²) < 4.78 is 5.84. The van der Waals surface area contributed by atoms with E-state index in [9.17, 15) is 4.79 Å². The van der Waals surface area contributed by atoms with Crippen molar-refractivity contribution in [2.75, 3.05) is 12.4 Å². The van der Waals surface area contributed by atoms with Gasteiger partial charge in [-0.05, 0) is 46.3 Å². The van der Waals surface area contributed by atoms with Crippen LogP contribution in [0.4, 0.5) is 5.69 Å². The minimum atomic E-state index is -0.226. The molecule has 0 fully saturated rings. The maximum absolute atomic E-state index is 12.1. The van der Waals surface area contributed by atoms with Crippen molar-refractivity contribution in [1.82, 2.24) is 0 Å². The van der Waals surface area contributed by atoms with Gasteiger partial charge in [-0.2, -0.15) is 0 Å². The van der Waals surface area contributed by atoms with E-state index in [2.05, 4.69) is 21.2 Å². The summed E-state index contributed by atoms with van der Waals surface area (Å²) in [6.07, 6.45) is 0. The molecule has 0 heterocycles. The molecule has 1 amide bonds. The molecular formula is C14H11BrClNO2. The first-order valence-corrected chi connectivity index (χ1v) is 6.68. The maximum atomic E-state index is 12.1. The minimum absolute atomic E-state index is 0.226. The molecule has 0 saturated carbocycles. The van der Waals surface area contributed by atoms with Crippen LogP contribution >= 0.6 is 27.5 Å². The van der Waals surface area contributed by atoms with E-state index < -0.39 is 0 Å². The summed E-state index contributed by atoms with van der Waals surface area (Å²) in [6.45, 7) is 0. The second kappa shape index (κ2) is 6.08. The predicted molar refractivity (Wildman–Crippen MR) is 80.1 cm³/mol. The second-order valence-electron chi connectivity index (χ2n) is 3.78. The van der Waals surface area contributed by atoms with Crippen LogP contribution in [-0.4, -0.2) is 13.0 Å². The van der Waals surface area contributed by atoms with Gasteiger partial charge in [0, 0.05) is 5.56 Å². The number of carbonyl (C=O) groups excluding carboxylic acids is 1. The van der Waals surface area contributed by atoms with E-state index in [1.54, 1.807) is 37.4 Å². The first-order chi connectivity index (χ1) is 9.11. The quantitative estimate of drug-likeness (QED) is 0.901. The van der Waals surface area contributed by atoms with Crippen molar-refractivity contribution in [3.63, 3.8) is 0 Å². The number of ether oxygens (including phenoxy) is 1. The van der Waals surface area contributed by atoms with Crippen LogP contribution in [0.15, 0.2) is 46.9 Å². The minimum Gasteiger partial charge on any atom is -0.496 e.